The molecular formula is C17H18N2O4. The summed E-state index contributed by atoms with van der Waals surface area (Å²) in [7, 11) is 0. The number of benzene rings is 1. The molecule has 0 aliphatic carbocycles. The minimum absolute atomic E-state index is 0.333. The van der Waals surface area contributed by atoms with Gasteiger partial charge in [0.15, 0.2) is 11.7 Å². The van der Waals surface area contributed by atoms with E-state index in [1.807, 2.05) is 13.0 Å². The van der Waals surface area contributed by atoms with E-state index >= 15 is 0 Å². The van der Waals surface area contributed by atoms with Gasteiger partial charge in [-0.3, -0.25) is 19.3 Å². The van der Waals surface area contributed by atoms with Crippen molar-refractivity contribution in [1.29, 1.82) is 0 Å². The third-order valence-electron chi connectivity index (χ3n) is 3.76. The van der Waals surface area contributed by atoms with Crippen LogP contribution >= 0.6 is 0 Å². The molecule has 4 amide bonds. The number of imide groups is 2. The van der Waals surface area contributed by atoms with E-state index in [9.17, 15) is 19.2 Å². The Labute approximate surface area is 134 Å². The van der Waals surface area contributed by atoms with Gasteiger partial charge in [0.25, 0.3) is 11.8 Å². The molecule has 1 fully saturated rings. The van der Waals surface area contributed by atoms with Crippen LogP contribution in [0.15, 0.2) is 36.9 Å². The fraction of sp³-hybridized carbons (Fsp3) is 0.294. The van der Waals surface area contributed by atoms with Crippen molar-refractivity contribution in [1.82, 2.24) is 4.90 Å². The van der Waals surface area contributed by atoms with E-state index in [4.69, 9.17) is 0 Å². The maximum absolute atomic E-state index is 12.7. The quantitative estimate of drug-likeness (QED) is 0.630. The largest absolute Gasteiger partial charge is 0.338 e. The molecule has 0 radical (unpaired) electrons. The van der Waals surface area contributed by atoms with Crippen molar-refractivity contribution in [3.8, 4) is 0 Å². The maximum atomic E-state index is 12.7. The van der Waals surface area contributed by atoms with Gasteiger partial charge in [-0.2, -0.15) is 0 Å². The number of amides is 4. The average molecular weight is 314 g/mol. The molecule has 6 heteroatoms. The minimum atomic E-state index is -1.50. The summed E-state index contributed by atoms with van der Waals surface area (Å²) >= 11 is 0. The highest BCUT2D eigenvalue weighted by Crippen LogP contribution is 2.27. The van der Waals surface area contributed by atoms with Crippen LogP contribution in [-0.4, -0.2) is 34.6 Å². The lowest BCUT2D eigenvalue weighted by Crippen LogP contribution is -2.63. The molecule has 2 atom stereocenters. The minimum Gasteiger partial charge on any atom is -0.299 e. The number of aryl methyl sites for hydroxylation is 1. The second kappa shape index (κ2) is 6.16. The van der Waals surface area contributed by atoms with Gasteiger partial charge >= 0.3 is 6.03 Å². The number of ketones is 1. The summed E-state index contributed by atoms with van der Waals surface area (Å²) in [6.07, 6.45) is 1.41. The Morgan fingerprint density at radius 3 is 2.43 bits per heavy atom. The predicted molar refractivity (Wildman–Crippen MR) is 84.7 cm³/mol. The van der Waals surface area contributed by atoms with Crippen LogP contribution in [0.4, 0.5) is 10.5 Å². The van der Waals surface area contributed by atoms with Crippen molar-refractivity contribution in [2.45, 2.75) is 26.8 Å². The van der Waals surface area contributed by atoms with Gasteiger partial charge in [-0.15, -0.1) is 6.58 Å². The van der Waals surface area contributed by atoms with E-state index in [2.05, 4.69) is 6.58 Å². The van der Waals surface area contributed by atoms with Gasteiger partial charge < -0.3 is 0 Å². The van der Waals surface area contributed by atoms with Crippen LogP contribution in [0.2, 0.25) is 0 Å². The molecule has 1 heterocycles. The molecule has 1 aromatic rings. The number of nitrogens with zero attached hydrogens (tertiary/aromatic N) is 2. The second-order valence-electron chi connectivity index (χ2n) is 5.52. The Kier molecular flexibility index (Phi) is 4.45. The van der Waals surface area contributed by atoms with Crippen LogP contribution in [-0.2, 0) is 14.4 Å². The van der Waals surface area contributed by atoms with E-state index in [0.29, 0.717) is 5.69 Å². The monoisotopic (exact) mass is 314 g/mol. The third kappa shape index (κ3) is 2.79. The molecule has 0 saturated carbocycles. The lowest BCUT2D eigenvalue weighted by atomic mass is 9.97. The summed E-state index contributed by atoms with van der Waals surface area (Å²) < 4.78 is 0. The Morgan fingerprint density at radius 2 is 1.91 bits per heavy atom. The first kappa shape index (κ1) is 16.6. The van der Waals surface area contributed by atoms with Gasteiger partial charge in [-0.25, -0.2) is 9.69 Å². The zero-order chi connectivity index (χ0) is 17.3. The normalized spacial score (nSPS) is 19.8. The van der Waals surface area contributed by atoms with Crippen molar-refractivity contribution in [2.24, 2.45) is 5.92 Å². The van der Waals surface area contributed by atoms with Gasteiger partial charge in [0.1, 0.15) is 0 Å². The molecule has 120 valence electrons. The molecule has 1 aliphatic rings. The van der Waals surface area contributed by atoms with Gasteiger partial charge in [0.2, 0.25) is 0 Å². The first-order chi connectivity index (χ1) is 10.8. The van der Waals surface area contributed by atoms with Crippen molar-refractivity contribution in [3.05, 3.63) is 42.5 Å². The molecule has 1 aromatic carbocycles. The van der Waals surface area contributed by atoms with Crippen molar-refractivity contribution in [3.63, 3.8) is 0 Å². The number of barbiturate groups is 1. The lowest BCUT2D eigenvalue weighted by Gasteiger charge is -2.38. The number of hydrogen-bond acceptors (Lipinski definition) is 4. The molecule has 1 saturated heterocycles. The molecule has 2 unspecified atom stereocenters. The van der Waals surface area contributed by atoms with Gasteiger partial charge in [-0.1, -0.05) is 18.2 Å². The van der Waals surface area contributed by atoms with Crippen LogP contribution < -0.4 is 4.90 Å². The topological polar surface area (TPSA) is 74.8 Å². The Morgan fingerprint density at radius 1 is 1.26 bits per heavy atom. The average Bonchev–Trinajstić information content (AvgIpc) is 2.46. The van der Waals surface area contributed by atoms with E-state index < -0.39 is 35.6 Å². The molecule has 6 nitrogen and oxygen atoms in total. The molecule has 0 aromatic heterocycles. The first-order valence-corrected chi connectivity index (χ1v) is 7.20. The molecule has 1 aliphatic heterocycles. The lowest BCUT2D eigenvalue weighted by molar-refractivity contribution is -0.146. The van der Waals surface area contributed by atoms with Gasteiger partial charge in [0, 0.05) is 0 Å². The number of carbonyl (C=O) groups excluding carboxylic acids is 4. The number of Topliss-reactive ketones (excluding diaryl/α,β-unsaturated/α-hetero) is 1. The summed E-state index contributed by atoms with van der Waals surface area (Å²) in [4.78, 5) is 51.3. The third-order valence-corrected chi connectivity index (χ3v) is 3.76. The molecule has 23 heavy (non-hydrogen) atoms. The number of rotatable bonds is 4. The highest BCUT2D eigenvalue weighted by atomic mass is 16.2. The van der Waals surface area contributed by atoms with Gasteiger partial charge in [-0.05, 0) is 38.5 Å². The number of hydrogen-bond donors (Lipinski definition) is 0. The number of anilines is 1. The summed E-state index contributed by atoms with van der Waals surface area (Å²) in [6.45, 7) is 8.16. The Balaban J connectivity index is 2.58. The van der Waals surface area contributed by atoms with Crippen LogP contribution in [0.1, 0.15) is 19.4 Å². The first-order valence-electron chi connectivity index (χ1n) is 7.20. The van der Waals surface area contributed by atoms with E-state index in [-0.39, 0.29) is 0 Å². The second-order valence-corrected chi connectivity index (χ2v) is 5.52. The fourth-order valence-corrected chi connectivity index (χ4v) is 2.50. The molecule has 2 rings (SSSR count). The molecule has 0 spiro atoms. The standard InChI is InChI=1S/C17H18N2O4/c1-5-11(3)18-15(21)14(12(4)20)16(22)19(17(18)23)13-8-6-7-10(2)9-13/h5-9,11,14H,1H2,2-4H3. The number of carbonyl (C=O) groups is 4. The van der Waals surface area contributed by atoms with E-state index in [1.165, 1.54) is 13.0 Å². The van der Waals surface area contributed by atoms with Gasteiger partial charge in [0.05, 0.1) is 11.7 Å². The Hall–Kier alpha value is -2.76. The van der Waals surface area contributed by atoms with E-state index in [1.54, 1.807) is 25.1 Å². The SMILES string of the molecule is C=CC(C)N1C(=O)C(C(C)=O)C(=O)N(c2cccc(C)c2)C1=O. The van der Waals surface area contributed by atoms with Crippen molar-refractivity contribution in [2.75, 3.05) is 4.90 Å². The highest BCUT2D eigenvalue weighted by molar-refractivity contribution is 6.34. The van der Waals surface area contributed by atoms with Crippen LogP contribution in [0.3, 0.4) is 0 Å². The summed E-state index contributed by atoms with van der Waals surface area (Å²) in [5.74, 6) is -3.71. The predicted octanol–water partition coefficient (Wildman–Crippen LogP) is 2.07. The van der Waals surface area contributed by atoms with Crippen LogP contribution in [0.25, 0.3) is 0 Å². The summed E-state index contributed by atoms with van der Waals surface area (Å²) in [5, 5.41) is 0. The zero-order valence-corrected chi connectivity index (χ0v) is 13.3. The zero-order valence-electron chi connectivity index (χ0n) is 13.3. The number of urea groups is 1. The molecule has 0 N–H and O–H groups in total. The van der Waals surface area contributed by atoms with Crippen molar-refractivity contribution >= 4 is 29.3 Å². The molecular weight excluding hydrogens is 296 g/mol. The summed E-state index contributed by atoms with van der Waals surface area (Å²) in [6, 6.07) is 5.37. The highest BCUT2D eigenvalue weighted by Gasteiger charge is 2.49. The Bertz CT molecular complexity index is 710. The van der Waals surface area contributed by atoms with E-state index in [0.717, 1.165) is 15.4 Å². The maximum Gasteiger partial charge on any atom is 0.338 e. The van der Waals surface area contributed by atoms with Crippen molar-refractivity contribution < 1.29 is 19.2 Å². The molecule has 0 bridgehead atoms. The summed E-state index contributed by atoms with van der Waals surface area (Å²) in [5.41, 5.74) is 1.18. The van der Waals surface area contributed by atoms with Crippen LogP contribution in [0, 0.1) is 12.8 Å². The van der Waals surface area contributed by atoms with Crippen LogP contribution in [0.5, 0.6) is 0 Å². The fourth-order valence-electron chi connectivity index (χ4n) is 2.50. The smallest absolute Gasteiger partial charge is 0.299 e.